The summed E-state index contributed by atoms with van der Waals surface area (Å²) in [5, 5.41) is 3.50. The van der Waals surface area contributed by atoms with Crippen LogP contribution in [0.1, 0.15) is 12.0 Å². The van der Waals surface area contributed by atoms with Crippen LogP contribution in [0.3, 0.4) is 0 Å². The van der Waals surface area contributed by atoms with Gasteiger partial charge in [-0.05, 0) is 17.7 Å². The number of nitrogens with one attached hydrogen (secondary N) is 2. The van der Waals surface area contributed by atoms with E-state index in [1.54, 1.807) is 12.1 Å². The Morgan fingerprint density at radius 2 is 2.11 bits per heavy atom. The lowest BCUT2D eigenvalue weighted by molar-refractivity contribution is -0.858. The van der Waals surface area contributed by atoms with E-state index in [4.69, 9.17) is 11.6 Å². The van der Waals surface area contributed by atoms with Crippen molar-refractivity contribution in [3.63, 3.8) is 0 Å². The molecule has 0 saturated heterocycles. The third-order valence-electron chi connectivity index (χ3n) is 2.47. The number of amides is 1. The van der Waals surface area contributed by atoms with Crippen molar-refractivity contribution in [3.05, 3.63) is 40.9 Å². The van der Waals surface area contributed by atoms with Crippen LogP contribution < -0.4 is 10.2 Å². The molecule has 0 heterocycles. The predicted molar refractivity (Wildman–Crippen MR) is 75.8 cm³/mol. The highest BCUT2D eigenvalue weighted by atomic mass is 35.5. The van der Waals surface area contributed by atoms with E-state index in [2.05, 4.69) is 19.4 Å². The van der Waals surface area contributed by atoms with Gasteiger partial charge in [0.2, 0.25) is 5.91 Å². The maximum absolute atomic E-state index is 11.5. The molecular weight excluding hydrogens is 248 g/mol. The molecule has 0 aromatic heterocycles. The van der Waals surface area contributed by atoms with Gasteiger partial charge in [0.05, 0.1) is 20.6 Å². The Kier molecular flexibility index (Phi) is 6.47. The quantitative estimate of drug-likeness (QED) is 0.585. The van der Waals surface area contributed by atoms with Gasteiger partial charge in [0.25, 0.3) is 0 Å². The van der Waals surface area contributed by atoms with E-state index >= 15 is 0 Å². The molecule has 18 heavy (non-hydrogen) atoms. The fourth-order valence-electron chi connectivity index (χ4n) is 1.49. The molecule has 0 saturated carbocycles. The van der Waals surface area contributed by atoms with Crippen LogP contribution in [0.2, 0.25) is 5.02 Å². The van der Waals surface area contributed by atoms with Gasteiger partial charge in [-0.3, -0.25) is 4.79 Å². The van der Waals surface area contributed by atoms with Gasteiger partial charge in [-0.2, -0.15) is 0 Å². The van der Waals surface area contributed by atoms with E-state index in [0.717, 1.165) is 18.5 Å². The van der Waals surface area contributed by atoms with E-state index in [9.17, 15) is 4.79 Å². The lowest BCUT2D eigenvalue weighted by atomic mass is 10.2. The van der Waals surface area contributed by atoms with Crippen molar-refractivity contribution in [2.75, 3.05) is 27.2 Å². The molecule has 0 radical (unpaired) electrons. The molecule has 1 aromatic rings. The molecule has 0 unspecified atom stereocenters. The molecule has 3 nitrogen and oxygen atoms in total. The summed E-state index contributed by atoms with van der Waals surface area (Å²) in [6.07, 6.45) is 4.23. The SMILES string of the molecule is C[NH+](C)CCCNC(=O)/C=C/c1ccccc1Cl. The topological polar surface area (TPSA) is 33.5 Å². The normalized spacial score (nSPS) is 11.1. The van der Waals surface area contributed by atoms with Crippen molar-refractivity contribution in [1.29, 1.82) is 0 Å². The van der Waals surface area contributed by atoms with Crippen LogP contribution in [0.4, 0.5) is 0 Å². The van der Waals surface area contributed by atoms with E-state index in [-0.39, 0.29) is 5.91 Å². The van der Waals surface area contributed by atoms with Crippen LogP contribution in [0.25, 0.3) is 6.08 Å². The number of hydrogen-bond donors (Lipinski definition) is 2. The lowest BCUT2D eigenvalue weighted by Gasteiger charge is -2.06. The van der Waals surface area contributed by atoms with Gasteiger partial charge in [-0.25, -0.2) is 0 Å². The first-order valence-corrected chi connectivity index (χ1v) is 6.47. The molecule has 1 amide bonds. The predicted octanol–water partition coefficient (Wildman–Crippen LogP) is 1.00. The summed E-state index contributed by atoms with van der Waals surface area (Å²) in [6.45, 7) is 1.76. The van der Waals surface area contributed by atoms with E-state index < -0.39 is 0 Å². The summed E-state index contributed by atoms with van der Waals surface area (Å²) >= 11 is 5.98. The first-order valence-electron chi connectivity index (χ1n) is 6.09. The van der Waals surface area contributed by atoms with Crippen LogP contribution in [-0.4, -0.2) is 33.1 Å². The highest BCUT2D eigenvalue weighted by Crippen LogP contribution is 2.15. The summed E-state index contributed by atoms with van der Waals surface area (Å²) in [7, 11) is 4.19. The van der Waals surface area contributed by atoms with Crippen LogP contribution in [0.5, 0.6) is 0 Å². The van der Waals surface area contributed by atoms with Gasteiger partial charge in [-0.15, -0.1) is 0 Å². The molecule has 1 aromatic carbocycles. The van der Waals surface area contributed by atoms with Crippen LogP contribution in [-0.2, 0) is 4.79 Å². The number of benzene rings is 1. The summed E-state index contributed by atoms with van der Waals surface area (Å²) < 4.78 is 0. The van der Waals surface area contributed by atoms with E-state index in [1.807, 2.05) is 18.2 Å². The zero-order valence-electron chi connectivity index (χ0n) is 10.9. The summed E-state index contributed by atoms with van der Waals surface area (Å²) in [5.41, 5.74) is 0.854. The van der Waals surface area contributed by atoms with Crippen molar-refractivity contribution in [2.45, 2.75) is 6.42 Å². The largest absolute Gasteiger partial charge is 0.352 e. The summed E-state index contributed by atoms with van der Waals surface area (Å²) in [5.74, 6) is -0.0799. The highest BCUT2D eigenvalue weighted by Gasteiger charge is 1.98. The molecule has 0 spiro atoms. The summed E-state index contributed by atoms with van der Waals surface area (Å²) in [6, 6.07) is 7.44. The van der Waals surface area contributed by atoms with Crippen molar-refractivity contribution in [1.82, 2.24) is 5.32 Å². The highest BCUT2D eigenvalue weighted by molar-refractivity contribution is 6.32. The van der Waals surface area contributed by atoms with Crippen LogP contribution >= 0.6 is 11.6 Å². The average Bonchev–Trinajstić information content (AvgIpc) is 2.33. The number of halogens is 1. The lowest BCUT2D eigenvalue weighted by Crippen LogP contribution is -3.05. The van der Waals surface area contributed by atoms with Gasteiger partial charge >= 0.3 is 0 Å². The zero-order valence-corrected chi connectivity index (χ0v) is 11.6. The number of carbonyl (C=O) groups is 1. The smallest absolute Gasteiger partial charge is 0.244 e. The van der Waals surface area contributed by atoms with Crippen molar-refractivity contribution in [2.24, 2.45) is 0 Å². The van der Waals surface area contributed by atoms with Gasteiger partial charge < -0.3 is 10.2 Å². The molecule has 4 heteroatoms. The fourth-order valence-corrected chi connectivity index (χ4v) is 1.69. The molecule has 0 aliphatic carbocycles. The number of quaternary nitrogens is 1. The Labute approximate surface area is 113 Å². The molecule has 0 aliphatic rings. The van der Waals surface area contributed by atoms with Gasteiger partial charge in [0.15, 0.2) is 0 Å². The van der Waals surface area contributed by atoms with Crippen molar-refractivity contribution in [3.8, 4) is 0 Å². The average molecular weight is 268 g/mol. The number of hydrogen-bond acceptors (Lipinski definition) is 1. The zero-order chi connectivity index (χ0) is 13.4. The van der Waals surface area contributed by atoms with E-state index in [1.165, 1.54) is 11.0 Å². The van der Waals surface area contributed by atoms with Gasteiger partial charge in [0.1, 0.15) is 0 Å². The van der Waals surface area contributed by atoms with Crippen molar-refractivity contribution >= 4 is 23.6 Å². The molecule has 98 valence electrons. The first kappa shape index (κ1) is 14.7. The maximum Gasteiger partial charge on any atom is 0.244 e. The third kappa shape index (κ3) is 5.84. The van der Waals surface area contributed by atoms with Crippen molar-refractivity contribution < 1.29 is 9.69 Å². The molecule has 0 fully saturated rings. The first-order chi connectivity index (χ1) is 8.59. The fraction of sp³-hybridized carbons (Fsp3) is 0.357. The second-order valence-corrected chi connectivity index (χ2v) is 4.86. The van der Waals surface area contributed by atoms with Gasteiger partial charge in [-0.1, -0.05) is 29.8 Å². The molecule has 2 N–H and O–H groups in total. The summed E-state index contributed by atoms with van der Waals surface area (Å²) in [4.78, 5) is 12.9. The molecule has 0 atom stereocenters. The van der Waals surface area contributed by atoms with E-state index in [0.29, 0.717) is 11.6 Å². The molecule has 0 aliphatic heterocycles. The minimum atomic E-state index is -0.0799. The minimum absolute atomic E-state index is 0.0799. The Balaban J connectivity index is 2.34. The van der Waals surface area contributed by atoms with Crippen LogP contribution in [0, 0.1) is 0 Å². The minimum Gasteiger partial charge on any atom is -0.352 e. The number of carbonyl (C=O) groups excluding carboxylic acids is 1. The van der Waals surface area contributed by atoms with Crippen LogP contribution in [0.15, 0.2) is 30.3 Å². The Bertz CT molecular complexity index is 416. The Morgan fingerprint density at radius 1 is 1.39 bits per heavy atom. The molecular formula is C14H20ClN2O+. The standard InChI is InChI=1S/C14H19ClN2O/c1-17(2)11-5-10-16-14(18)9-8-12-6-3-4-7-13(12)15/h3-4,6-9H,5,10-11H2,1-2H3,(H,16,18)/p+1/b9-8+. The second kappa shape index (κ2) is 7.90. The monoisotopic (exact) mass is 267 g/mol. The number of rotatable bonds is 6. The third-order valence-corrected chi connectivity index (χ3v) is 2.82. The molecule has 1 rings (SSSR count). The second-order valence-electron chi connectivity index (χ2n) is 4.46. The molecule has 0 bridgehead atoms. The Morgan fingerprint density at radius 3 is 2.78 bits per heavy atom. The van der Waals surface area contributed by atoms with Gasteiger partial charge in [0, 0.05) is 24.1 Å². The maximum atomic E-state index is 11.5. The Hall–Kier alpha value is -1.32.